The number of ketones is 1. The van der Waals surface area contributed by atoms with E-state index in [9.17, 15) is 9.59 Å². The lowest BCUT2D eigenvalue weighted by Gasteiger charge is -2.27. The van der Waals surface area contributed by atoms with Crippen molar-refractivity contribution in [3.63, 3.8) is 0 Å². The minimum absolute atomic E-state index is 0.00208. The van der Waals surface area contributed by atoms with E-state index in [0.717, 1.165) is 6.42 Å². The van der Waals surface area contributed by atoms with Gasteiger partial charge in [-0.15, -0.1) is 0 Å². The standard InChI is InChI=1S/C15H18O3/c1-7(2)12-9-6-10(15(17)18-3)14(12)13-8(9)4-5-11(13)16/h4-5,8-10,13-14H,6H2,1-3H3/t8-,9-,10-,13+,14-/m1/s1. The molecule has 2 bridgehead atoms. The van der Waals surface area contributed by atoms with Gasteiger partial charge in [0.05, 0.1) is 13.0 Å². The molecule has 2 fully saturated rings. The third-order valence-corrected chi connectivity index (χ3v) is 4.86. The average molecular weight is 246 g/mol. The summed E-state index contributed by atoms with van der Waals surface area (Å²) < 4.78 is 4.91. The Morgan fingerprint density at radius 2 is 2.06 bits per heavy atom. The number of carbonyl (C=O) groups is 2. The first-order valence-corrected chi connectivity index (χ1v) is 6.53. The van der Waals surface area contributed by atoms with Crippen molar-refractivity contribution in [1.29, 1.82) is 0 Å². The summed E-state index contributed by atoms with van der Waals surface area (Å²) in [5, 5.41) is 0. The highest BCUT2D eigenvalue weighted by molar-refractivity contribution is 5.97. The van der Waals surface area contributed by atoms with Gasteiger partial charge in [0.25, 0.3) is 0 Å². The van der Waals surface area contributed by atoms with E-state index in [1.54, 1.807) is 6.08 Å². The normalized spacial score (nSPS) is 40.3. The molecule has 18 heavy (non-hydrogen) atoms. The first-order valence-electron chi connectivity index (χ1n) is 6.53. The van der Waals surface area contributed by atoms with Crippen molar-refractivity contribution < 1.29 is 14.3 Å². The van der Waals surface area contributed by atoms with Crippen molar-refractivity contribution in [3.05, 3.63) is 23.3 Å². The van der Waals surface area contributed by atoms with Gasteiger partial charge in [0, 0.05) is 11.8 Å². The van der Waals surface area contributed by atoms with Crippen molar-refractivity contribution in [2.45, 2.75) is 20.3 Å². The molecule has 0 heterocycles. The largest absolute Gasteiger partial charge is 0.469 e. The van der Waals surface area contributed by atoms with Crippen molar-refractivity contribution >= 4 is 11.8 Å². The Balaban J connectivity index is 2.04. The van der Waals surface area contributed by atoms with Gasteiger partial charge in [0.1, 0.15) is 0 Å². The van der Waals surface area contributed by atoms with E-state index < -0.39 is 0 Å². The second-order valence-corrected chi connectivity index (χ2v) is 5.82. The highest BCUT2D eigenvalue weighted by Crippen LogP contribution is 2.61. The molecule has 0 aromatic rings. The summed E-state index contributed by atoms with van der Waals surface area (Å²) in [6.45, 7) is 4.18. The van der Waals surface area contributed by atoms with Gasteiger partial charge in [-0.05, 0) is 38.2 Å². The van der Waals surface area contributed by atoms with Gasteiger partial charge in [-0.1, -0.05) is 17.2 Å². The van der Waals surface area contributed by atoms with E-state index in [1.807, 2.05) is 6.08 Å². The molecule has 3 rings (SSSR count). The average Bonchev–Trinajstić information content (AvgIpc) is 2.97. The minimum Gasteiger partial charge on any atom is -0.469 e. The van der Waals surface area contributed by atoms with Crippen molar-refractivity contribution in [3.8, 4) is 0 Å². The van der Waals surface area contributed by atoms with E-state index >= 15 is 0 Å². The van der Waals surface area contributed by atoms with E-state index in [4.69, 9.17) is 4.74 Å². The number of methoxy groups -OCH3 is 1. The molecule has 3 aliphatic rings. The quantitative estimate of drug-likeness (QED) is 0.526. The van der Waals surface area contributed by atoms with E-state index in [2.05, 4.69) is 13.8 Å². The highest BCUT2D eigenvalue weighted by Gasteiger charge is 2.60. The predicted octanol–water partition coefficient (Wildman–Crippen LogP) is 2.13. The van der Waals surface area contributed by atoms with Crippen LogP contribution in [0.1, 0.15) is 20.3 Å². The first-order chi connectivity index (χ1) is 8.56. The lowest BCUT2D eigenvalue weighted by molar-refractivity contribution is -0.148. The maximum atomic E-state index is 12.0. The van der Waals surface area contributed by atoms with Crippen LogP contribution in [0, 0.1) is 29.6 Å². The molecule has 5 atom stereocenters. The summed E-state index contributed by atoms with van der Waals surface area (Å²) in [4.78, 5) is 23.9. The van der Waals surface area contributed by atoms with Gasteiger partial charge in [-0.25, -0.2) is 0 Å². The SMILES string of the molecule is COC(=O)[C@@H]1C[C@H]2C(=C(C)C)[C@@H]1[C@@H]1C(=O)C=C[C@@H]12. The number of allylic oxidation sites excluding steroid dienone is 4. The van der Waals surface area contributed by atoms with Crippen LogP contribution in [0.25, 0.3) is 0 Å². The zero-order valence-corrected chi connectivity index (χ0v) is 11.0. The number of carbonyl (C=O) groups excluding carboxylic acids is 2. The van der Waals surface area contributed by atoms with Gasteiger partial charge in [0.15, 0.2) is 5.78 Å². The van der Waals surface area contributed by atoms with Gasteiger partial charge in [-0.3, -0.25) is 9.59 Å². The lowest BCUT2D eigenvalue weighted by Crippen LogP contribution is -2.33. The summed E-state index contributed by atoms with van der Waals surface area (Å²) in [6, 6.07) is 0. The number of hydrogen-bond donors (Lipinski definition) is 0. The van der Waals surface area contributed by atoms with Gasteiger partial charge >= 0.3 is 5.97 Å². The van der Waals surface area contributed by atoms with Crippen LogP contribution in [0.2, 0.25) is 0 Å². The van der Waals surface area contributed by atoms with Crippen LogP contribution in [0.15, 0.2) is 23.3 Å². The third kappa shape index (κ3) is 1.30. The fraction of sp³-hybridized carbons (Fsp3) is 0.600. The molecule has 0 unspecified atom stereocenters. The molecule has 0 radical (unpaired) electrons. The monoisotopic (exact) mass is 246 g/mol. The summed E-state index contributed by atoms with van der Waals surface area (Å²) >= 11 is 0. The Bertz CT molecular complexity index is 482. The smallest absolute Gasteiger partial charge is 0.309 e. The molecule has 2 saturated carbocycles. The molecular formula is C15H18O3. The van der Waals surface area contributed by atoms with Crippen LogP contribution >= 0.6 is 0 Å². The van der Waals surface area contributed by atoms with Crippen LogP contribution in [0.5, 0.6) is 0 Å². The van der Waals surface area contributed by atoms with Gasteiger partial charge in [-0.2, -0.15) is 0 Å². The number of ether oxygens (including phenoxy) is 1. The molecule has 0 spiro atoms. The molecule has 3 heteroatoms. The number of rotatable bonds is 1. The second-order valence-electron chi connectivity index (χ2n) is 5.82. The maximum Gasteiger partial charge on any atom is 0.309 e. The summed E-state index contributed by atoms with van der Waals surface area (Å²) in [6.07, 6.45) is 4.60. The highest BCUT2D eigenvalue weighted by atomic mass is 16.5. The molecule has 3 aliphatic carbocycles. The van der Waals surface area contributed by atoms with Crippen LogP contribution in [0.4, 0.5) is 0 Å². The minimum atomic E-state index is -0.153. The molecule has 0 saturated heterocycles. The molecule has 0 aliphatic heterocycles. The van der Waals surface area contributed by atoms with Crippen LogP contribution < -0.4 is 0 Å². The first kappa shape index (κ1) is 11.7. The van der Waals surface area contributed by atoms with E-state index in [-0.39, 0.29) is 29.5 Å². The topological polar surface area (TPSA) is 43.4 Å². The maximum absolute atomic E-state index is 12.0. The Morgan fingerprint density at radius 1 is 1.33 bits per heavy atom. The molecule has 0 amide bonds. The van der Waals surface area contributed by atoms with Gasteiger partial charge < -0.3 is 4.74 Å². The van der Waals surface area contributed by atoms with Crippen LogP contribution in [-0.2, 0) is 14.3 Å². The molecule has 96 valence electrons. The summed E-state index contributed by atoms with van der Waals surface area (Å²) in [7, 11) is 1.43. The fourth-order valence-electron chi connectivity index (χ4n) is 4.34. The van der Waals surface area contributed by atoms with Crippen LogP contribution in [0.3, 0.4) is 0 Å². The molecule has 0 aromatic heterocycles. The second kappa shape index (κ2) is 3.81. The third-order valence-electron chi connectivity index (χ3n) is 4.86. The fourth-order valence-corrected chi connectivity index (χ4v) is 4.34. The lowest BCUT2D eigenvalue weighted by atomic mass is 9.75. The molecule has 0 N–H and O–H groups in total. The van der Waals surface area contributed by atoms with Crippen molar-refractivity contribution in [1.82, 2.24) is 0 Å². The van der Waals surface area contributed by atoms with Crippen molar-refractivity contribution in [2.24, 2.45) is 29.6 Å². The number of hydrogen-bond acceptors (Lipinski definition) is 3. The van der Waals surface area contributed by atoms with E-state index in [0.29, 0.717) is 11.8 Å². The zero-order valence-electron chi connectivity index (χ0n) is 11.0. The number of fused-ring (bicyclic) bond motifs is 5. The number of esters is 1. The Hall–Kier alpha value is -1.38. The van der Waals surface area contributed by atoms with E-state index in [1.165, 1.54) is 18.3 Å². The molecule has 3 nitrogen and oxygen atoms in total. The Morgan fingerprint density at radius 3 is 2.67 bits per heavy atom. The Kier molecular flexibility index (Phi) is 2.47. The summed E-state index contributed by atoms with van der Waals surface area (Å²) in [5.41, 5.74) is 2.62. The summed E-state index contributed by atoms with van der Waals surface area (Å²) in [5.74, 6) is 0.706. The van der Waals surface area contributed by atoms with Gasteiger partial charge in [0.2, 0.25) is 0 Å². The van der Waals surface area contributed by atoms with Crippen molar-refractivity contribution in [2.75, 3.05) is 7.11 Å². The van der Waals surface area contributed by atoms with Crippen LogP contribution in [-0.4, -0.2) is 18.9 Å². The molecular weight excluding hydrogens is 228 g/mol. The molecule has 0 aromatic carbocycles. The Labute approximate surface area is 107 Å². The predicted molar refractivity (Wildman–Crippen MR) is 66.6 cm³/mol. The zero-order chi connectivity index (χ0) is 13.0.